The number of amides is 1. The average molecular weight is 424 g/mol. The van der Waals surface area contributed by atoms with Gasteiger partial charge in [-0.3, -0.25) is 4.79 Å². The lowest BCUT2D eigenvalue weighted by molar-refractivity contribution is 0.102. The molecule has 0 saturated carbocycles. The molecule has 0 bridgehead atoms. The highest BCUT2D eigenvalue weighted by molar-refractivity contribution is 14.1. The highest BCUT2D eigenvalue weighted by atomic mass is 127. The van der Waals surface area contributed by atoms with Crippen molar-refractivity contribution in [2.75, 3.05) is 12.4 Å². The van der Waals surface area contributed by atoms with Gasteiger partial charge in [0.25, 0.3) is 5.91 Å². The Morgan fingerprint density at radius 1 is 1.33 bits per heavy atom. The van der Waals surface area contributed by atoms with E-state index in [1.807, 2.05) is 22.6 Å². The molecule has 2 aromatic rings. The number of carbonyl (C=O) groups is 1. The first-order valence-corrected chi connectivity index (χ1v) is 7.18. The van der Waals surface area contributed by atoms with E-state index in [9.17, 15) is 13.6 Å². The second-order valence-electron chi connectivity index (χ2n) is 4.02. The molecule has 0 spiro atoms. The lowest BCUT2D eigenvalue weighted by Crippen LogP contribution is -2.15. The van der Waals surface area contributed by atoms with E-state index in [4.69, 9.17) is 16.3 Å². The summed E-state index contributed by atoms with van der Waals surface area (Å²) in [6.45, 7) is 0. The molecule has 0 atom stereocenters. The monoisotopic (exact) mass is 423 g/mol. The number of benzene rings is 2. The van der Waals surface area contributed by atoms with Gasteiger partial charge in [0, 0.05) is 3.57 Å². The number of methoxy groups -OCH3 is 1. The summed E-state index contributed by atoms with van der Waals surface area (Å²) in [5.74, 6) is -2.52. The van der Waals surface area contributed by atoms with E-state index in [1.165, 1.54) is 25.3 Å². The molecule has 0 saturated heterocycles. The Morgan fingerprint density at radius 2 is 2.05 bits per heavy atom. The van der Waals surface area contributed by atoms with Crippen LogP contribution in [0.15, 0.2) is 30.3 Å². The molecule has 110 valence electrons. The normalized spacial score (nSPS) is 10.3. The van der Waals surface area contributed by atoms with E-state index in [0.29, 0.717) is 8.59 Å². The molecular weight excluding hydrogens is 415 g/mol. The zero-order valence-corrected chi connectivity index (χ0v) is 13.6. The number of rotatable bonds is 3. The fourth-order valence-corrected chi connectivity index (χ4v) is 2.27. The summed E-state index contributed by atoms with van der Waals surface area (Å²) in [4.78, 5) is 12.2. The minimum Gasteiger partial charge on any atom is -0.496 e. The minimum atomic E-state index is -1.12. The maximum atomic E-state index is 13.6. The van der Waals surface area contributed by atoms with Gasteiger partial charge in [-0.15, -0.1) is 0 Å². The molecule has 2 rings (SSSR count). The third-order valence-corrected chi connectivity index (χ3v) is 4.21. The van der Waals surface area contributed by atoms with Crippen LogP contribution in [0.1, 0.15) is 10.4 Å². The van der Waals surface area contributed by atoms with Crippen LogP contribution in [0.25, 0.3) is 0 Å². The maximum absolute atomic E-state index is 13.6. The second kappa shape index (κ2) is 6.57. The first-order chi connectivity index (χ1) is 9.93. The van der Waals surface area contributed by atoms with E-state index in [1.54, 1.807) is 6.07 Å². The first kappa shape index (κ1) is 16.0. The van der Waals surface area contributed by atoms with Gasteiger partial charge in [-0.25, -0.2) is 8.78 Å². The molecule has 0 aliphatic rings. The third-order valence-electron chi connectivity index (χ3n) is 2.69. The number of hydrogen-bond donors (Lipinski definition) is 1. The number of nitrogens with one attached hydrogen (secondary N) is 1. The Kier molecular flexibility index (Phi) is 5.00. The van der Waals surface area contributed by atoms with E-state index >= 15 is 0 Å². The lowest BCUT2D eigenvalue weighted by atomic mass is 10.1. The molecule has 0 unspecified atom stereocenters. The summed E-state index contributed by atoms with van der Waals surface area (Å²) in [5, 5.41) is 2.66. The van der Waals surface area contributed by atoms with Crippen LogP contribution >= 0.6 is 34.2 Å². The number of halogens is 4. The Hall–Kier alpha value is -1.41. The highest BCUT2D eigenvalue weighted by Gasteiger charge is 2.17. The van der Waals surface area contributed by atoms with Crippen molar-refractivity contribution in [1.29, 1.82) is 0 Å². The Bertz CT molecular complexity index is 710. The number of carbonyl (C=O) groups excluding carboxylic acids is 1. The van der Waals surface area contributed by atoms with Crippen LogP contribution < -0.4 is 10.1 Å². The van der Waals surface area contributed by atoms with Crippen molar-refractivity contribution in [3.05, 3.63) is 56.1 Å². The SMILES string of the molecule is COc1cc(I)c(Cl)cc1C(=O)Nc1cccc(F)c1F. The molecule has 0 aliphatic carbocycles. The molecule has 0 radical (unpaired) electrons. The van der Waals surface area contributed by atoms with Crippen molar-refractivity contribution in [2.24, 2.45) is 0 Å². The zero-order chi connectivity index (χ0) is 15.6. The fraction of sp³-hybridized carbons (Fsp3) is 0.0714. The van der Waals surface area contributed by atoms with E-state index in [0.717, 1.165) is 6.07 Å². The van der Waals surface area contributed by atoms with Gasteiger partial charge in [-0.1, -0.05) is 17.7 Å². The second-order valence-corrected chi connectivity index (χ2v) is 5.59. The predicted octanol–water partition coefficient (Wildman–Crippen LogP) is 4.48. The largest absolute Gasteiger partial charge is 0.496 e. The quantitative estimate of drug-likeness (QED) is 0.739. The molecule has 3 nitrogen and oxygen atoms in total. The van der Waals surface area contributed by atoms with Crippen molar-refractivity contribution in [2.45, 2.75) is 0 Å². The van der Waals surface area contributed by atoms with Crippen molar-refractivity contribution in [3.8, 4) is 5.75 Å². The summed E-state index contributed by atoms with van der Waals surface area (Å²) in [6.07, 6.45) is 0. The minimum absolute atomic E-state index is 0.131. The molecule has 1 amide bonds. The smallest absolute Gasteiger partial charge is 0.259 e. The van der Waals surface area contributed by atoms with Gasteiger partial charge in [-0.2, -0.15) is 0 Å². The molecule has 0 heterocycles. The molecule has 7 heteroatoms. The molecule has 0 fully saturated rings. The third kappa shape index (κ3) is 3.44. The van der Waals surface area contributed by atoms with Crippen LogP contribution in [-0.2, 0) is 0 Å². The van der Waals surface area contributed by atoms with Gasteiger partial charge in [-0.05, 0) is 46.9 Å². The van der Waals surface area contributed by atoms with Crippen molar-refractivity contribution >= 4 is 45.8 Å². The van der Waals surface area contributed by atoms with Gasteiger partial charge in [0.1, 0.15) is 5.75 Å². The van der Waals surface area contributed by atoms with Gasteiger partial charge in [0.15, 0.2) is 11.6 Å². The number of anilines is 1. The molecule has 2 aromatic carbocycles. The number of ether oxygens (including phenoxy) is 1. The Morgan fingerprint density at radius 3 is 2.71 bits per heavy atom. The van der Waals surface area contributed by atoms with E-state index < -0.39 is 17.5 Å². The standard InChI is InChI=1S/C14H9ClF2INO2/c1-21-12-6-10(18)8(15)5-7(12)14(20)19-11-4-2-3-9(16)13(11)17/h2-6H,1H3,(H,19,20). The van der Waals surface area contributed by atoms with Crippen LogP contribution in [0.5, 0.6) is 5.75 Å². The van der Waals surface area contributed by atoms with Crippen LogP contribution in [0, 0.1) is 15.2 Å². The Labute approximate surface area is 138 Å². The zero-order valence-electron chi connectivity index (χ0n) is 10.7. The van der Waals surface area contributed by atoms with Crippen LogP contribution in [-0.4, -0.2) is 13.0 Å². The van der Waals surface area contributed by atoms with Crippen LogP contribution in [0.4, 0.5) is 14.5 Å². The van der Waals surface area contributed by atoms with Gasteiger partial charge in [0.05, 0.1) is 23.4 Å². The van der Waals surface area contributed by atoms with E-state index in [-0.39, 0.29) is 17.0 Å². The maximum Gasteiger partial charge on any atom is 0.259 e. The summed E-state index contributed by atoms with van der Waals surface area (Å²) in [5.41, 5.74) is -0.122. The Balaban J connectivity index is 2.37. The first-order valence-electron chi connectivity index (χ1n) is 5.72. The number of hydrogen-bond acceptors (Lipinski definition) is 2. The van der Waals surface area contributed by atoms with Crippen LogP contribution in [0.2, 0.25) is 5.02 Å². The topological polar surface area (TPSA) is 38.3 Å². The molecule has 0 aromatic heterocycles. The van der Waals surface area contributed by atoms with E-state index in [2.05, 4.69) is 5.32 Å². The highest BCUT2D eigenvalue weighted by Crippen LogP contribution is 2.29. The summed E-state index contributed by atoms with van der Waals surface area (Å²) >= 11 is 7.96. The van der Waals surface area contributed by atoms with Gasteiger partial charge >= 0.3 is 0 Å². The van der Waals surface area contributed by atoms with Gasteiger partial charge < -0.3 is 10.1 Å². The van der Waals surface area contributed by atoms with Crippen molar-refractivity contribution in [3.63, 3.8) is 0 Å². The van der Waals surface area contributed by atoms with Crippen LogP contribution in [0.3, 0.4) is 0 Å². The molecule has 0 aliphatic heterocycles. The predicted molar refractivity (Wildman–Crippen MR) is 85.0 cm³/mol. The fourth-order valence-electron chi connectivity index (χ4n) is 1.66. The summed E-state index contributed by atoms with van der Waals surface area (Å²) in [7, 11) is 1.40. The molecular formula is C14H9ClF2INO2. The van der Waals surface area contributed by atoms with Gasteiger partial charge in [0.2, 0.25) is 0 Å². The summed E-state index contributed by atoms with van der Waals surface area (Å²) < 4.78 is 32.5. The summed E-state index contributed by atoms with van der Waals surface area (Å²) in [6, 6.07) is 6.52. The van der Waals surface area contributed by atoms with Crippen molar-refractivity contribution < 1.29 is 18.3 Å². The molecule has 21 heavy (non-hydrogen) atoms. The average Bonchev–Trinajstić information content (AvgIpc) is 2.46. The lowest BCUT2D eigenvalue weighted by Gasteiger charge is -2.11. The van der Waals surface area contributed by atoms with Crippen molar-refractivity contribution in [1.82, 2.24) is 0 Å². The molecule has 1 N–H and O–H groups in total.